The number of benzene rings is 1. The fourth-order valence-corrected chi connectivity index (χ4v) is 2.00. The Labute approximate surface area is 105 Å². The molecule has 0 saturated heterocycles. The summed E-state index contributed by atoms with van der Waals surface area (Å²) in [5.41, 5.74) is 2.75. The minimum absolute atomic E-state index is 0.675. The molecule has 0 heterocycles. The van der Waals surface area contributed by atoms with Gasteiger partial charge in [0.05, 0.1) is 7.11 Å². The highest BCUT2D eigenvalue weighted by atomic mass is 16.5. The molecule has 1 rings (SSSR count). The first-order chi connectivity index (χ1) is 8.17. The molecule has 0 saturated carbocycles. The number of nitrogens with one attached hydrogen (secondary N) is 1. The summed E-state index contributed by atoms with van der Waals surface area (Å²) in [5, 5.41) is 3.47. The predicted octanol–water partition coefficient (Wildman–Crippen LogP) is 3.18. The second-order valence-corrected chi connectivity index (χ2v) is 4.81. The second-order valence-electron chi connectivity index (χ2n) is 4.81. The number of rotatable bonds is 7. The van der Waals surface area contributed by atoms with Crippen molar-refractivity contribution in [3.63, 3.8) is 0 Å². The number of ether oxygens (including phenoxy) is 1. The van der Waals surface area contributed by atoms with Crippen LogP contribution in [-0.2, 0) is 6.42 Å². The van der Waals surface area contributed by atoms with E-state index in [0.29, 0.717) is 5.92 Å². The van der Waals surface area contributed by atoms with Crippen molar-refractivity contribution in [2.45, 2.75) is 33.6 Å². The summed E-state index contributed by atoms with van der Waals surface area (Å²) in [5.74, 6) is 1.62. The van der Waals surface area contributed by atoms with Crippen LogP contribution in [0.2, 0.25) is 0 Å². The molecule has 2 nitrogen and oxygen atoms in total. The van der Waals surface area contributed by atoms with Crippen LogP contribution in [0.15, 0.2) is 18.2 Å². The lowest BCUT2D eigenvalue weighted by atomic mass is 9.97. The molecular weight excluding hydrogens is 210 g/mol. The van der Waals surface area contributed by atoms with Crippen LogP contribution in [0, 0.1) is 12.8 Å². The molecule has 2 heteroatoms. The zero-order chi connectivity index (χ0) is 12.7. The molecule has 0 aliphatic carbocycles. The lowest BCUT2D eigenvalue weighted by Gasteiger charge is -2.14. The van der Waals surface area contributed by atoms with Crippen molar-refractivity contribution in [2.24, 2.45) is 5.92 Å². The average Bonchev–Trinajstić information content (AvgIpc) is 2.32. The maximum atomic E-state index is 5.22. The highest BCUT2D eigenvalue weighted by molar-refractivity contribution is 5.34. The molecule has 0 bridgehead atoms. The topological polar surface area (TPSA) is 21.3 Å². The first-order valence-electron chi connectivity index (χ1n) is 6.51. The molecule has 0 radical (unpaired) electrons. The lowest BCUT2D eigenvalue weighted by molar-refractivity contribution is 0.414. The van der Waals surface area contributed by atoms with Crippen LogP contribution < -0.4 is 10.1 Å². The molecule has 17 heavy (non-hydrogen) atoms. The van der Waals surface area contributed by atoms with Gasteiger partial charge >= 0.3 is 0 Å². The van der Waals surface area contributed by atoms with Gasteiger partial charge in [-0.2, -0.15) is 0 Å². The van der Waals surface area contributed by atoms with Crippen molar-refractivity contribution in [1.82, 2.24) is 5.32 Å². The van der Waals surface area contributed by atoms with Gasteiger partial charge in [0.15, 0.2) is 0 Å². The van der Waals surface area contributed by atoms with Crippen molar-refractivity contribution in [2.75, 3.05) is 20.2 Å². The Morgan fingerprint density at radius 2 is 2.12 bits per heavy atom. The van der Waals surface area contributed by atoms with Gasteiger partial charge in [0.1, 0.15) is 5.75 Å². The standard InChI is InChI=1S/C15H25NO/c1-5-8-16-11-12(2)9-14-6-7-15(17-4)10-13(14)3/h6-7,10,12,16H,5,8-9,11H2,1-4H3. The highest BCUT2D eigenvalue weighted by Crippen LogP contribution is 2.19. The van der Waals surface area contributed by atoms with Crippen molar-refractivity contribution >= 4 is 0 Å². The SMILES string of the molecule is CCCNCC(C)Cc1ccc(OC)cc1C. The van der Waals surface area contributed by atoms with Crippen molar-refractivity contribution in [3.05, 3.63) is 29.3 Å². The molecule has 1 aromatic rings. The van der Waals surface area contributed by atoms with Gasteiger partial charge in [-0.1, -0.05) is 19.9 Å². The Morgan fingerprint density at radius 3 is 2.71 bits per heavy atom. The van der Waals surface area contributed by atoms with E-state index in [0.717, 1.165) is 25.3 Å². The zero-order valence-corrected chi connectivity index (χ0v) is 11.5. The summed E-state index contributed by atoms with van der Waals surface area (Å²) in [6.07, 6.45) is 2.33. The van der Waals surface area contributed by atoms with Crippen molar-refractivity contribution < 1.29 is 4.74 Å². The largest absolute Gasteiger partial charge is 0.497 e. The summed E-state index contributed by atoms with van der Waals surface area (Å²) >= 11 is 0. The Hall–Kier alpha value is -1.02. The summed E-state index contributed by atoms with van der Waals surface area (Å²) < 4.78 is 5.22. The molecule has 1 unspecified atom stereocenters. The zero-order valence-electron chi connectivity index (χ0n) is 11.5. The molecule has 0 spiro atoms. The molecule has 96 valence electrons. The van der Waals surface area contributed by atoms with E-state index in [1.165, 1.54) is 17.5 Å². The highest BCUT2D eigenvalue weighted by Gasteiger charge is 2.06. The first-order valence-corrected chi connectivity index (χ1v) is 6.51. The van der Waals surface area contributed by atoms with Crippen molar-refractivity contribution in [3.8, 4) is 5.75 Å². The fraction of sp³-hybridized carbons (Fsp3) is 0.600. The van der Waals surface area contributed by atoms with Gasteiger partial charge in [0, 0.05) is 0 Å². The predicted molar refractivity (Wildman–Crippen MR) is 73.8 cm³/mol. The van der Waals surface area contributed by atoms with Gasteiger partial charge in [-0.25, -0.2) is 0 Å². The van der Waals surface area contributed by atoms with Crippen LogP contribution in [0.3, 0.4) is 0 Å². The summed E-state index contributed by atoms with van der Waals surface area (Å²) in [6, 6.07) is 6.35. The third kappa shape index (κ3) is 4.78. The number of hydrogen-bond donors (Lipinski definition) is 1. The van der Waals surface area contributed by atoms with Crippen molar-refractivity contribution in [1.29, 1.82) is 0 Å². The maximum Gasteiger partial charge on any atom is 0.119 e. The Bertz CT molecular complexity index is 336. The summed E-state index contributed by atoms with van der Waals surface area (Å²) in [4.78, 5) is 0. The summed E-state index contributed by atoms with van der Waals surface area (Å²) in [6.45, 7) is 8.87. The third-order valence-corrected chi connectivity index (χ3v) is 3.04. The van der Waals surface area contributed by atoms with Crippen LogP contribution in [-0.4, -0.2) is 20.2 Å². The van der Waals surface area contributed by atoms with Gasteiger partial charge in [0.25, 0.3) is 0 Å². The van der Waals surface area contributed by atoms with E-state index in [9.17, 15) is 0 Å². The maximum absolute atomic E-state index is 5.22. The number of methoxy groups -OCH3 is 1. The van der Waals surface area contributed by atoms with Gasteiger partial charge in [-0.05, 0) is 62.0 Å². The monoisotopic (exact) mass is 235 g/mol. The molecule has 1 aromatic carbocycles. The van der Waals surface area contributed by atoms with E-state index in [2.05, 4.69) is 44.3 Å². The minimum atomic E-state index is 0.675. The molecule has 1 N–H and O–H groups in total. The molecule has 0 aliphatic heterocycles. The van der Waals surface area contributed by atoms with E-state index in [4.69, 9.17) is 4.74 Å². The smallest absolute Gasteiger partial charge is 0.119 e. The third-order valence-electron chi connectivity index (χ3n) is 3.04. The summed E-state index contributed by atoms with van der Waals surface area (Å²) in [7, 11) is 1.71. The average molecular weight is 235 g/mol. The second kappa shape index (κ2) is 7.33. The Balaban J connectivity index is 2.50. The number of hydrogen-bond acceptors (Lipinski definition) is 2. The molecule has 0 aliphatic rings. The number of aryl methyl sites for hydroxylation is 1. The van der Waals surface area contributed by atoms with Gasteiger partial charge in [-0.15, -0.1) is 0 Å². The van der Waals surface area contributed by atoms with Crippen LogP contribution in [0.1, 0.15) is 31.4 Å². The molecule has 1 atom stereocenters. The van der Waals surface area contributed by atoms with E-state index in [-0.39, 0.29) is 0 Å². The molecular formula is C15H25NO. The van der Waals surface area contributed by atoms with E-state index < -0.39 is 0 Å². The van der Waals surface area contributed by atoms with E-state index in [1.54, 1.807) is 7.11 Å². The Morgan fingerprint density at radius 1 is 1.35 bits per heavy atom. The van der Waals surface area contributed by atoms with Gasteiger partial charge < -0.3 is 10.1 Å². The lowest BCUT2D eigenvalue weighted by Crippen LogP contribution is -2.23. The normalized spacial score (nSPS) is 12.5. The van der Waals surface area contributed by atoms with E-state index in [1.807, 2.05) is 0 Å². The van der Waals surface area contributed by atoms with Crippen LogP contribution in [0.25, 0.3) is 0 Å². The minimum Gasteiger partial charge on any atom is -0.497 e. The van der Waals surface area contributed by atoms with Gasteiger partial charge in [-0.3, -0.25) is 0 Å². The molecule has 0 amide bonds. The quantitative estimate of drug-likeness (QED) is 0.733. The molecule has 0 aromatic heterocycles. The van der Waals surface area contributed by atoms with Crippen LogP contribution in [0.4, 0.5) is 0 Å². The Kier molecular flexibility index (Phi) is 6.06. The van der Waals surface area contributed by atoms with Gasteiger partial charge in [0.2, 0.25) is 0 Å². The van der Waals surface area contributed by atoms with Crippen LogP contribution in [0.5, 0.6) is 5.75 Å². The van der Waals surface area contributed by atoms with Crippen LogP contribution >= 0.6 is 0 Å². The fourth-order valence-electron chi connectivity index (χ4n) is 2.00. The first kappa shape index (κ1) is 14.0. The molecule has 0 fully saturated rings. The van der Waals surface area contributed by atoms with E-state index >= 15 is 0 Å².